The summed E-state index contributed by atoms with van der Waals surface area (Å²) >= 11 is 0. The monoisotopic (exact) mass is 312 g/mol. The molecule has 1 aliphatic heterocycles. The highest BCUT2D eigenvalue weighted by Crippen LogP contribution is 2.24. The van der Waals surface area contributed by atoms with Gasteiger partial charge in [0.15, 0.2) is 0 Å². The highest BCUT2D eigenvalue weighted by atomic mass is 16.2. The van der Waals surface area contributed by atoms with Crippen LogP contribution in [0.15, 0.2) is 48.8 Å². The van der Waals surface area contributed by atoms with E-state index in [2.05, 4.69) is 10.4 Å². The van der Waals surface area contributed by atoms with Crippen LogP contribution in [-0.4, -0.2) is 34.7 Å². The summed E-state index contributed by atoms with van der Waals surface area (Å²) in [4.78, 5) is 26.3. The highest BCUT2D eigenvalue weighted by molar-refractivity contribution is 6.09. The molecule has 23 heavy (non-hydrogen) atoms. The van der Waals surface area contributed by atoms with Crippen LogP contribution in [0, 0.1) is 5.92 Å². The zero-order chi connectivity index (χ0) is 16.1. The Balaban J connectivity index is 1.47. The molecule has 1 aliphatic rings. The van der Waals surface area contributed by atoms with Crippen molar-refractivity contribution < 1.29 is 9.59 Å². The van der Waals surface area contributed by atoms with Crippen molar-refractivity contribution in [1.82, 2.24) is 15.1 Å². The van der Waals surface area contributed by atoms with Gasteiger partial charge in [-0.05, 0) is 31.0 Å². The maximum Gasteiger partial charge on any atom is 0.239 e. The lowest BCUT2D eigenvalue weighted by Gasteiger charge is -2.16. The molecule has 1 aromatic carbocycles. The zero-order valence-electron chi connectivity index (χ0n) is 12.9. The number of hydrogen-bond donors (Lipinski definition) is 1. The lowest BCUT2D eigenvalue weighted by molar-refractivity contribution is -0.132. The average molecular weight is 312 g/mol. The van der Waals surface area contributed by atoms with E-state index in [1.54, 1.807) is 11.1 Å². The van der Waals surface area contributed by atoms with Gasteiger partial charge in [0.1, 0.15) is 5.92 Å². The summed E-state index contributed by atoms with van der Waals surface area (Å²) in [5.74, 6) is -0.852. The van der Waals surface area contributed by atoms with Crippen LogP contribution < -0.4 is 10.2 Å². The molecule has 0 radical (unpaired) electrons. The topological polar surface area (TPSA) is 67.2 Å². The predicted octanol–water partition coefficient (Wildman–Crippen LogP) is 1.44. The number of amides is 2. The van der Waals surface area contributed by atoms with Crippen LogP contribution in [0.5, 0.6) is 0 Å². The summed E-state index contributed by atoms with van der Waals surface area (Å²) in [5.41, 5.74) is 0.853. The van der Waals surface area contributed by atoms with E-state index in [-0.39, 0.29) is 11.8 Å². The number of carbonyl (C=O) groups excluding carboxylic acids is 2. The minimum atomic E-state index is -0.570. The Hall–Kier alpha value is -2.63. The van der Waals surface area contributed by atoms with Gasteiger partial charge in [0.25, 0.3) is 0 Å². The minimum absolute atomic E-state index is 0.110. The fraction of sp³-hybridized carbons (Fsp3) is 0.353. The fourth-order valence-electron chi connectivity index (χ4n) is 2.80. The van der Waals surface area contributed by atoms with Gasteiger partial charge in [-0.15, -0.1) is 0 Å². The molecule has 1 aromatic heterocycles. The standard InChI is InChI=1S/C17H20N4O2/c22-16(18-9-4-11-20-12-5-10-19-20)15-8-13-21(17(15)23)14-6-2-1-3-7-14/h1-3,5-7,10,12,15H,4,8-9,11,13H2,(H,18,22)/t15-/m1/s1. The molecule has 1 fully saturated rings. The third-order valence-electron chi connectivity index (χ3n) is 4.01. The van der Waals surface area contributed by atoms with Gasteiger partial charge in [-0.25, -0.2) is 0 Å². The molecular formula is C17H20N4O2. The number of carbonyl (C=O) groups is 2. The number of aryl methyl sites for hydroxylation is 1. The molecule has 6 heteroatoms. The summed E-state index contributed by atoms with van der Waals surface area (Å²) in [7, 11) is 0. The Kier molecular flexibility index (Phi) is 4.71. The molecule has 6 nitrogen and oxygen atoms in total. The number of anilines is 1. The van der Waals surface area contributed by atoms with Gasteiger partial charge in [-0.2, -0.15) is 5.10 Å². The SMILES string of the molecule is O=C(NCCCn1cccn1)[C@H]1CCN(c2ccccc2)C1=O. The molecule has 0 spiro atoms. The van der Waals surface area contributed by atoms with E-state index >= 15 is 0 Å². The Bertz CT molecular complexity index is 654. The molecule has 0 saturated carbocycles. The molecule has 0 bridgehead atoms. The second-order valence-electron chi connectivity index (χ2n) is 5.58. The van der Waals surface area contributed by atoms with Crippen molar-refractivity contribution in [3.05, 3.63) is 48.8 Å². The average Bonchev–Trinajstić information content (AvgIpc) is 3.22. The van der Waals surface area contributed by atoms with Crippen LogP contribution in [0.3, 0.4) is 0 Å². The van der Waals surface area contributed by atoms with Crippen molar-refractivity contribution in [2.24, 2.45) is 5.92 Å². The molecule has 0 unspecified atom stereocenters. The van der Waals surface area contributed by atoms with Crippen LogP contribution in [0.1, 0.15) is 12.8 Å². The molecule has 0 aliphatic carbocycles. The normalized spacial score (nSPS) is 17.5. The van der Waals surface area contributed by atoms with Crippen LogP contribution in [0.25, 0.3) is 0 Å². The molecule has 1 saturated heterocycles. The van der Waals surface area contributed by atoms with Gasteiger partial charge in [0, 0.05) is 37.7 Å². The Morgan fingerprint density at radius 3 is 2.83 bits per heavy atom. The zero-order valence-corrected chi connectivity index (χ0v) is 12.9. The van der Waals surface area contributed by atoms with E-state index in [1.165, 1.54) is 0 Å². The van der Waals surface area contributed by atoms with E-state index in [0.717, 1.165) is 18.7 Å². The third-order valence-corrected chi connectivity index (χ3v) is 4.01. The molecular weight excluding hydrogens is 292 g/mol. The van der Waals surface area contributed by atoms with E-state index < -0.39 is 5.92 Å². The van der Waals surface area contributed by atoms with E-state index in [0.29, 0.717) is 19.5 Å². The number of hydrogen-bond acceptors (Lipinski definition) is 3. The summed E-state index contributed by atoms with van der Waals surface area (Å²) in [6, 6.07) is 11.4. The predicted molar refractivity (Wildman–Crippen MR) is 86.8 cm³/mol. The summed E-state index contributed by atoms with van der Waals surface area (Å²) in [6.45, 7) is 1.89. The van der Waals surface area contributed by atoms with Gasteiger partial charge >= 0.3 is 0 Å². The van der Waals surface area contributed by atoms with Crippen molar-refractivity contribution in [1.29, 1.82) is 0 Å². The van der Waals surface area contributed by atoms with Gasteiger partial charge < -0.3 is 10.2 Å². The maximum absolute atomic E-state index is 12.4. The van der Waals surface area contributed by atoms with Gasteiger partial charge in [-0.1, -0.05) is 18.2 Å². The first kappa shape index (κ1) is 15.3. The molecule has 3 rings (SSSR count). The number of rotatable bonds is 6. The lowest BCUT2D eigenvalue weighted by atomic mass is 10.1. The Labute approximate surface area is 135 Å². The molecule has 2 amide bonds. The smallest absolute Gasteiger partial charge is 0.239 e. The molecule has 1 N–H and O–H groups in total. The van der Waals surface area contributed by atoms with Crippen LogP contribution in [-0.2, 0) is 16.1 Å². The van der Waals surface area contributed by atoms with Crippen molar-refractivity contribution in [3.8, 4) is 0 Å². The number of para-hydroxylation sites is 1. The number of nitrogens with one attached hydrogen (secondary N) is 1. The first-order chi connectivity index (χ1) is 11.3. The minimum Gasteiger partial charge on any atom is -0.355 e. The van der Waals surface area contributed by atoms with E-state index in [4.69, 9.17) is 0 Å². The highest BCUT2D eigenvalue weighted by Gasteiger charge is 2.37. The molecule has 1 atom stereocenters. The number of aromatic nitrogens is 2. The summed E-state index contributed by atoms with van der Waals surface area (Å²) < 4.78 is 1.82. The summed E-state index contributed by atoms with van der Waals surface area (Å²) in [5, 5.41) is 6.97. The third kappa shape index (κ3) is 3.59. The Morgan fingerprint density at radius 2 is 2.09 bits per heavy atom. The first-order valence-corrected chi connectivity index (χ1v) is 7.87. The van der Waals surface area contributed by atoms with Gasteiger partial charge in [0.2, 0.25) is 11.8 Å². The van der Waals surface area contributed by atoms with E-state index in [1.807, 2.05) is 47.3 Å². The quantitative estimate of drug-likeness (QED) is 0.648. The molecule has 2 heterocycles. The van der Waals surface area contributed by atoms with Crippen molar-refractivity contribution >= 4 is 17.5 Å². The van der Waals surface area contributed by atoms with Crippen molar-refractivity contribution in [2.75, 3.05) is 18.0 Å². The van der Waals surface area contributed by atoms with Crippen LogP contribution in [0.2, 0.25) is 0 Å². The second-order valence-corrected chi connectivity index (χ2v) is 5.58. The second kappa shape index (κ2) is 7.09. The number of benzene rings is 1. The van der Waals surface area contributed by atoms with Gasteiger partial charge in [0.05, 0.1) is 0 Å². The van der Waals surface area contributed by atoms with Gasteiger partial charge in [-0.3, -0.25) is 14.3 Å². The summed E-state index contributed by atoms with van der Waals surface area (Å²) in [6.07, 6.45) is 4.98. The lowest BCUT2D eigenvalue weighted by Crippen LogP contribution is -2.37. The molecule has 120 valence electrons. The Morgan fingerprint density at radius 1 is 1.26 bits per heavy atom. The van der Waals surface area contributed by atoms with Crippen LogP contribution >= 0.6 is 0 Å². The largest absolute Gasteiger partial charge is 0.355 e. The van der Waals surface area contributed by atoms with Crippen LogP contribution in [0.4, 0.5) is 5.69 Å². The van der Waals surface area contributed by atoms with Crippen molar-refractivity contribution in [2.45, 2.75) is 19.4 Å². The molecule has 2 aromatic rings. The van der Waals surface area contributed by atoms with Crippen molar-refractivity contribution in [3.63, 3.8) is 0 Å². The fourth-order valence-corrected chi connectivity index (χ4v) is 2.80. The first-order valence-electron chi connectivity index (χ1n) is 7.87. The number of nitrogens with zero attached hydrogens (tertiary/aromatic N) is 3. The maximum atomic E-state index is 12.4. The van der Waals surface area contributed by atoms with E-state index in [9.17, 15) is 9.59 Å².